The van der Waals surface area contributed by atoms with Gasteiger partial charge in [0.2, 0.25) is 0 Å². The second-order valence-electron chi connectivity index (χ2n) is 4.85. The van der Waals surface area contributed by atoms with Crippen molar-refractivity contribution in [1.29, 1.82) is 0 Å². The zero-order valence-electron chi connectivity index (χ0n) is 11.1. The molecule has 7 heteroatoms. The molecule has 1 heterocycles. The van der Waals surface area contributed by atoms with Gasteiger partial charge >= 0.3 is 0 Å². The number of thiazole rings is 1. The zero-order valence-corrected chi connectivity index (χ0v) is 13.5. The Morgan fingerprint density at radius 1 is 1.50 bits per heavy atom. The van der Waals surface area contributed by atoms with Crippen molar-refractivity contribution in [2.75, 3.05) is 0 Å². The van der Waals surface area contributed by atoms with E-state index in [9.17, 15) is 10.1 Å². The van der Waals surface area contributed by atoms with Crippen LogP contribution in [0.2, 0.25) is 0 Å². The molecule has 106 valence electrons. The molecule has 0 aliphatic heterocycles. The van der Waals surface area contributed by atoms with Crippen molar-refractivity contribution in [3.05, 3.63) is 54.9 Å². The van der Waals surface area contributed by atoms with Crippen molar-refractivity contribution < 1.29 is 4.92 Å². The van der Waals surface area contributed by atoms with E-state index >= 15 is 0 Å². The lowest BCUT2D eigenvalue weighted by Crippen LogP contribution is -2.36. The standard InChI is InChI=1S/C13H14BrN3O2S/c1-13(2,12-15-5-6-20-12)16-8-9-7-10(14)3-4-11(9)17(18)19/h3-7,16H,8H2,1-2H3. The van der Waals surface area contributed by atoms with E-state index in [-0.39, 0.29) is 16.1 Å². The highest BCUT2D eigenvalue weighted by Crippen LogP contribution is 2.26. The van der Waals surface area contributed by atoms with E-state index in [0.717, 1.165) is 9.48 Å². The summed E-state index contributed by atoms with van der Waals surface area (Å²) in [5.41, 5.74) is 0.439. The molecule has 0 fully saturated rings. The molecule has 0 atom stereocenters. The molecule has 1 N–H and O–H groups in total. The van der Waals surface area contributed by atoms with Crippen molar-refractivity contribution in [3.8, 4) is 0 Å². The summed E-state index contributed by atoms with van der Waals surface area (Å²) in [5, 5.41) is 17.2. The van der Waals surface area contributed by atoms with Crippen LogP contribution in [-0.2, 0) is 12.1 Å². The number of nitro groups is 1. The fourth-order valence-electron chi connectivity index (χ4n) is 1.80. The van der Waals surface area contributed by atoms with Crippen molar-refractivity contribution in [3.63, 3.8) is 0 Å². The summed E-state index contributed by atoms with van der Waals surface area (Å²) in [4.78, 5) is 15.0. The molecule has 1 aromatic heterocycles. The number of nitro benzene ring substituents is 1. The van der Waals surface area contributed by atoms with Gasteiger partial charge in [-0.15, -0.1) is 11.3 Å². The van der Waals surface area contributed by atoms with Crippen LogP contribution in [0.5, 0.6) is 0 Å². The summed E-state index contributed by atoms with van der Waals surface area (Å²) in [6.07, 6.45) is 1.75. The summed E-state index contributed by atoms with van der Waals surface area (Å²) in [5.74, 6) is 0. The van der Waals surface area contributed by atoms with E-state index in [1.54, 1.807) is 29.7 Å². The Bertz CT molecular complexity index is 614. The Kier molecular flexibility index (Phi) is 4.52. The minimum atomic E-state index is -0.361. The molecule has 0 saturated heterocycles. The number of nitrogens with one attached hydrogen (secondary N) is 1. The summed E-state index contributed by atoms with van der Waals surface area (Å²) in [6.45, 7) is 4.42. The minimum absolute atomic E-state index is 0.121. The summed E-state index contributed by atoms with van der Waals surface area (Å²) in [6, 6.07) is 4.95. The molecule has 2 rings (SSSR count). The van der Waals surface area contributed by atoms with Gasteiger partial charge in [-0.05, 0) is 26.0 Å². The normalized spacial score (nSPS) is 11.6. The molecule has 0 saturated carbocycles. The molecule has 0 aliphatic carbocycles. The van der Waals surface area contributed by atoms with Gasteiger partial charge in [-0.1, -0.05) is 15.9 Å². The number of hydrogen-bond donors (Lipinski definition) is 1. The molecular weight excluding hydrogens is 342 g/mol. The molecule has 2 aromatic rings. The van der Waals surface area contributed by atoms with Crippen LogP contribution < -0.4 is 5.32 Å². The highest BCUT2D eigenvalue weighted by atomic mass is 79.9. The molecule has 0 unspecified atom stereocenters. The van der Waals surface area contributed by atoms with E-state index in [0.29, 0.717) is 12.1 Å². The third-order valence-corrected chi connectivity index (χ3v) is 4.52. The molecule has 1 aromatic carbocycles. The fourth-order valence-corrected chi connectivity index (χ4v) is 2.95. The average molecular weight is 356 g/mol. The summed E-state index contributed by atoms with van der Waals surface area (Å²) in [7, 11) is 0. The Hall–Kier alpha value is -1.31. The van der Waals surface area contributed by atoms with Crippen LogP contribution in [-0.4, -0.2) is 9.91 Å². The Labute approximate surface area is 129 Å². The van der Waals surface area contributed by atoms with Gasteiger partial charge in [0.15, 0.2) is 0 Å². The number of benzene rings is 1. The van der Waals surface area contributed by atoms with E-state index < -0.39 is 0 Å². The summed E-state index contributed by atoms with van der Waals surface area (Å²) < 4.78 is 0.826. The topological polar surface area (TPSA) is 68.1 Å². The van der Waals surface area contributed by atoms with Gasteiger partial charge in [0.05, 0.1) is 10.5 Å². The highest BCUT2D eigenvalue weighted by Gasteiger charge is 2.24. The maximum absolute atomic E-state index is 11.0. The van der Waals surface area contributed by atoms with Crippen LogP contribution >= 0.6 is 27.3 Å². The van der Waals surface area contributed by atoms with E-state index in [1.807, 2.05) is 19.2 Å². The maximum Gasteiger partial charge on any atom is 0.273 e. The predicted molar refractivity (Wildman–Crippen MR) is 82.8 cm³/mol. The molecule has 0 bridgehead atoms. The first-order valence-corrected chi connectivity index (χ1v) is 7.65. The predicted octanol–water partition coefficient (Wildman–Crippen LogP) is 3.84. The van der Waals surface area contributed by atoms with Gasteiger partial charge < -0.3 is 5.32 Å². The van der Waals surface area contributed by atoms with Gasteiger partial charge in [-0.25, -0.2) is 4.98 Å². The largest absolute Gasteiger partial charge is 0.301 e. The number of hydrogen-bond acceptors (Lipinski definition) is 5. The van der Waals surface area contributed by atoms with Crippen LogP contribution in [0.3, 0.4) is 0 Å². The lowest BCUT2D eigenvalue weighted by atomic mass is 10.1. The average Bonchev–Trinajstić information content (AvgIpc) is 2.90. The lowest BCUT2D eigenvalue weighted by molar-refractivity contribution is -0.385. The molecule has 0 amide bonds. The Balaban J connectivity index is 2.19. The van der Waals surface area contributed by atoms with Gasteiger partial charge in [0, 0.05) is 34.2 Å². The first kappa shape index (κ1) is 15.1. The number of aromatic nitrogens is 1. The number of rotatable bonds is 5. The molecule has 0 radical (unpaired) electrons. The molecule has 0 aliphatic rings. The maximum atomic E-state index is 11.0. The molecule has 5 nitrogen and oxygen atoms in total. The highest BCUT2D eigenvalue weighted by molar-refractivity contribution is 9.10. The number of nitrogens with zero attached hydrogens (tertiary/aromatic N) is 2. The van der Waals surface area contributed by atoms with Gasteiger partial charge in [-0.2, -0.15) is 0 Å². The number of halogens is 1. The van der Waals surface area contributed by atoms with Gasteiger partial charge in [-0.3, -0.25) is 10.1 Å². The van der Waals surface area contributed by atoms with E-state index in [2.05, 4.69) is 26.2 Å². The Morgan fingerprint density at radius 3 is 2.85 bits per heavy atom. The molecule has 20 heavy (non-hydrogen) atoms. The third kappa shape index (κ3) is 3.41. The molecular formula is C13H14BrN3O2S. The summed E-state index contributed by atoms with van der Waals surface area (Å²) >= 11 is 4.91. The van der Waals surface area contributed by atoms with Crippen LogP contribution in [0, 0.1) is 10.1 Å². The van der Waals surface area contributed by atoms with Gasteiger partial charge in [0.1, 0.15) is 5.01 Å². The SMILES string of the molecule is CC(C)(NCc1cc(Br)ccc1[N+](=O)[O-])c1nccs1. The first-order chi connectivity index (χ1) is 9.40. The van der Waals surface area contributed by atoms with Crippen LogP contribution in [0.25, 0.3) is 0 Å². The van der Waals surface area contributed by atoms with Crippen LogP contribution in [0.1, 0.15) is 24.4 Å². The van der Waals surface area contributed by atoms with E-state index in [4.69, 9.17) is 0 Å². The lowest BCUT2D eigenvalue weighted by Gasteiger charge is -2.23. The van der Waals surface area contributed by atoms with Crippen molar-refractivity contribution in [2.45, 2.75) is 25.9 Å². The van der Waals surface area contributed by atoms with Gasteiger partial charge in [0.25, 0.3) is 5.69 Å². The van der Waals surface area contributed by atoms with Crippen molar-refractivity contribution in [1.82, 2.24) is 10.3 Å². The second kappa shape index (κ2) is 5.99. The van der Waals surface area contributed by atoms with Crippen molar-refractivity contribution >= 4 is 33.0 Å². The Morgan fingerprint density at radius 2 is 2.25 bits per heavy atom. The zero-order chi connectivity index (χ0) is 14.8. The third-order valence-electron chi connectivity index (χ3n) is 2.93. The smallest absolute Gasteiger partial charge is 0.273 e. The van der Waals surface area contributed by atoms with Crippen molar-refractivity contribution in [2.24, 2.45) is 0 Å². The first-order valence-electron chi connectivity index (χ1n) is 5.98. The minimum Gasteiger partial charge on any atom is -0.301 e. The monoisotopic (exact) mass is 355 g/mol. The van der Waals surface area contributed by atoms with E-state index in [1.165, 1.54) is 6.07 Å². The molecule has 0 spiro atoms. The van der Waals surface area contributed by atoms with Crippen LogP contribution in [0.15, 0.2) is 34.2 Å². The quantitative estimate of drug-likeness (QED) is 0.653. The van der Waals surface area contributed by atoms with Crippen LogP contribution in [0.4, 0.5) is 5.69 Å². The second-order valence-corrected chi connectivity index (χ2v) is 6.66. The fraction of sp³-hybridized carbons (Fsp3) is 0.308.